The Morgan fingerprint density at radius 3 is 2.90 bits per heavy atom. The number of nitrogens with zero attached hydrogens (tertiary/aromatic N) is 1. The fourth-order valence-electron chi connectivity index (χ4n) is 2.42. The lowest BCUT2D eigenvalue weighted by Crippen LogP contribution is -2.23. The molecule has 3 N–H and O–H groups in total. The summed E-state index contributed by atoms with van der Waals surface area (Å²) in [6.45, 7) is 4.20. The first kappa shape index (κ1) is 18.2. The summed E-state index contributed by atoms with van der Waals surface area (Å²) in [5, 5.41) is 3.15. The summed E-state index contributed by atoms with van der Waals surface area (Å²) in [4.78, 5) is 4.27. The number of hydrogen-bond donors (Lipinski definition) is 2. The van der Waals surface area contributed by atoms with Gasteiger partial charge in [0, 0.05) is 12.3 Å². The second-order valence-electron chi connectivity index (χ2n) is 5.19. The van der Waals surface area contributed by atoms with Crippen LogP contribution in [-0.4, -0.2) is 25.7 Å². The van der Waals surface area contributed by atoms with Gasteiger partial charge in [0.25, 0.3) is 0 Å². The van der Waals surface area contributed by atoms with Crippen LogP contribution in [0.4, 0.5) is 5.69 Å². The molecule has 0 spiro atoms. The number of hydrogen-bond acceptors (Lipinski definition) is 2. The first-order valence-corrected chi connectivity index (χ1v) is 7.56. The van der Waals surface area contributed by atoms with Gasteiger partial charge in [0.15, 0.2) is 5.96 Å². The highest BCUT2D eigenvalue weighted by atomic mass is 127. The molecule has 0 atom stereocenters. The van der Waals surface area contributed by atoms with E-state index in [2.05, 4.69) is 35.4 Å². The molecule has 1 aliphatic carbocycles. The summed E-state index contributed by atoms with van der Waals surface area (Å²) in [7, 11) is 0. The van der Waals surface area contributed by atoms with E-state index in [-0.39, 0.29) is 24.0 Å². The maximum atomic E-state index is 5.88. The minimum Gasteiger partial charge on any atom is -0.380 e. The molecule has 4 nitrogen and oxygen atoms in total. The molecule has 2 rings (SSSR count). The summed E-state index contributed by atoms with van der Waals surface area (Å²) in [6, 6.07) is 6.44. The van der Waals surface area contributed by atoms with Gasteiger partial charge in [-0.2, -0.15) is 0 Å². The molecule has 0 aliphatic heterocycles. The highest BCUT2D eigenvalue weighted by molar-refractivity contribution is 14.0. The minimum atomic E-state index is 0. The van der Waals surface area contributed by atoms with Gasteiger partial charge in [0.05, 0.1) is 13.2 Å². The first-order chi connectivity index (χ1) is 9.79. The van der Waals surface area contributed by atoms with Crippen molar-refractivity contribution in [2.75, 3.05) is 25.1 Å². The number of benzene rings is 1. The quantitative estimate of drug-likeness (QED) is 0.318. The van der Waals surface area contributed by atoms with Gasteiger partial charge in [0.1, 0.15) is 0 Å². The highest BCUT2D eigenvalue weighted by Crippen LogP contribution is 2.24. The number of ether oxygens (including phenoxy) is 1. The van der Waals surface area contributed by atoms with E-state index in [1.165, 1.54) is 30.4 Å². The van der Waals surface area contributed by atoms with Gasteiger partial charge in [-0.1, -0.05) is 19.4 Å². The van der Waals surface area contributed by atoms with Crippen molar-refractivity contribution in [2.24, 2.45) is 10.7 Å². The number of rotatable bonds is 7. The number of unbranched alkanes of at least 4 members (excludes halogenated alkanes) is 1. The molecule has 1 aliphatic rings. The van der Waals surface area contributed by atoms with E-state index in [9.17, 15) is 0 Å². The van der Waals surface area contributed by atoms with Crippen LogP contribution in [0.3, 0.4) is 0 Å². The molecule has 0 unspecified atom stereocenters. The van der Waals surface area contributed by atoms with Crippen molar-refractivity contribution in [3.63, 3.8) is 0 Å². The molecule has 0 saturated heterocycles. The first-order valence-electron chi connectivity index (χ1n) is 7.56. The van der Waals surface area contributed by atoms with E-state index in [1.54, 1.807) is 0 Å². The van der Waals surface area contributed by atoms with E-state index >= 15 is 0 Å². The summed E-state index contributed by atoms with van der Waals surface area (Å²) >= 11 is 0. The third-order valence-electron chi connectivity index (χ3n) is 3.53. The Hall–Kier alpha value is -0.820. The van der Waals surface area contributed by atoms with Crippen molar-refractivity contribution >= 4 is 35.6 Å². The average molecular weight is 403 g/mol. The van der Waals surface area contributed by atoms with Gasteiger partial charge in [-0.15, -0.1) is 24.0 Å². The Morgan fingerprint density at radius 2 is 2.10 bits per heavy atom. The monoisotopic (exact) mass is 403 g/mol. The van der Waals surface area contributed by atoms with Crippen LogP contribution in [-0.2, 0) is 17.6 Å². The van der Waals surface area contributed by atoms with E-state index < -0.39 is 0 Å². The van der Waals surface area contributed by atoms with Crippen LogP contribution in [0.1, 0.15) is 37.3 Å². The van der Waals surface area contributed by atoms with Crippen molar-refractivity contribution in [2.45, 2.75) is 39.0 Å². The topological polar surface area (TPSA) is 59.6 Å². The fourth-order valence-corrected chi connectivity index (χ4v) is 2.42. The summed E-state index contributed by atoms with van der Waals surface area (Å²) in [5.74, 6) is 0.460. The molecular weight excluding hydrogens is 377 g/mol. The van der Waals surface area contributed by atoms with Crippen molar-refractivity contribution < 1.29 is 4.74 Å². The van der Waals surface area contributed by atoms with Gasteiger partial charge < -0.3 is 15.8 Å². The largest absolute Gasteiger partial charge is 0.380 e. The summed E-state index contributed by atoms with van der Waals surface area (Å²) in [6.07, 6.45) is 5.90. The molecule has 0 bridgehead atoms. The predicted molar refractivity (Wildman–Crippen MR) is 99.7 cm³/mol. The standard InChI is InChI=1S/C16H25N3O.HI/c1-2-3-10-20-11-9-18-16(17)19-15-8-7-13-5-4-6-14(13)12-15;/h7-8,12H,2-6,9-11H2,1H3,(H3,17,18,19);1H. The zero-order valence-electron chi connectivity index (χ0n) is 12.7. The molecule has 0 radical (unpaired) electrons. The SMILES string of the molecule is CCCCOCCN=C(N)Nc1ccc2c(c1)CCC2.I. The van der Waals surface area contributed by atoms with E-state index in [0.29, 0.717) is 19.1 Å². The zero-order valence-corrected chi connectivity index (χ0v) is 15.1. The van der Waals surface area contributed by atoms with Gasteiger partial charge in [-0.3, -0.25) is 4.99 Å². The predicted octanol–water partition coefficient (Wildman–Crippen LogP) is 3.34. The molecule has 0 heterocycles. The van der Waals surface area contributed by atoms with Crippen molar-refractivity contribution in [1.29, 1.82) is 0 Å². The van der Waals surface area contributed by atoms with Crippen LogP contribution in [0.2, 0.25) is 0 Å². The zero-order chi connectivity index (χ0) is 14.2. The molecule has 5 heteroatoms. The summed E-state index contributed by atoms with van der Waals surface area (Å²) in [5.41, 5.74) is 9.81. The van der Waals surface area contributed by atoms with E-state index in [4.69, 9.17) is 10.5 Å². The lowest BCUT2D eigenvalue weighted by molar-refractivity contribution is 0.139. The Labute approximate surface area is 144 Å². The van der Waals surface area contributed by atoms with Crippen LogP contribution in [0, 0.1) is 0 Å². The average Bonchev–Trinajstić information content (AvgIpc) is 2.90. The number of guanidine groups is 1. The van der Waals surface area contributed by atoms with Crippen LogP contribution in [0.15, 0.2) is 23.2 Å². The number of anilines is 1. The molecule has 0 fully saturated rings. The van der Waals surface area contributed by atoms with E-state index in [0.717, 1.165) is 25.1 Å². The second-order valence-corrected chi connectivity index (χ2v) is 5.19. The van der Waals surface area contributed by atoms with Crippen LogP contribution >= 0.6 is 24.0 Å². The normalized spacial score (nSPS) is 13.7. The fraction of sp³-hybridized carbons (Fsp3) is 0.562. The van der Waals surface area contributed by atoms with Gasteiger partial charge >= 0.3 is 0 Å². The van der Waals surface area contributed by atoms with Gasteiger partial charge in [-0.25, -0.2) is 0 Å². The third-order valence-corrected chi connectivity index (χ3v) is 3.53. The Bertz CT molecular complexity index is 463. The molecule has 21 heavy (non-hydrogen) atoms. The summed E-state index contributed by atoms with van der Waals surface area (Å²) < 4.78 is 5.44. The van der Waals surface area contributed by atoms with Crippen molar-refractivity contribution in [3.8, 4) is 0 Å². The Morgan fingerprint density at radius 1 is 1.29 bits per heavy atom. The van der Waals surface area contributed by atoms with Crippen LogP contribution < -0.4 is 11.1 Å². The van der Waals surface area contributed by atoms with Crippen LogP contribution in [0.5, 0.6) is 0 Å². The number of halogens is 1. The Balaban J connectivity index is 0.00000220. The lowest BCUT2D eigenvalue weighted by atomic mass is 10.1. The molecule has 118 valence electrons. The van der Waals surface area contributed by atoms with Gasteiger partial charge in [-0.05, 0) is 48.9 Å². The van der Waals surface area contributed by atoms with Gasteiger partial charge in [0.2, 0.25) is 0 Å². The number of aryl methyl sites for hydroxylation is 2. The number of nitrogens with two attached hydrogens (primary N) is 1. The maximum Gasteiger partial charge on any atom is 0.193 e. The lowest BCUT2D eigenvalue weighted by Gasteiger charge is -2.08. The number of aliphatic imine (C=N–C) groups is 1. The molecule has 0 aromatic heterocycles. The van der Waals surface area contributed by atoms with Crippen molar-refractivity contribution in [1.82, 2.24) is 0 Å². The van der Waals surface area contributed by atoms with Crippen molar-refractivity contribution in [3.05, 3.63) is 29.3 Å². The highest BCUT2D eigenvalue weighted by Gasteiger charge is 2.10. The number of fused-ring (bicyclic) bond motifs is 1. The molecule has 1 aromatic carbocycles. The minimum absolute atomic E-state index is 0. The maximum absolute atomic E-state index is 5.88. The molecular formula is C16H26IN3O. The van der Waals surface area contributed by atoms with Crippen LogP contribution in [0.25, 0.3) is 0 Å². The third kappa shape index (κ3) is 6.22. The molecule has 1 aromatic rings. The smallest absolute Gasteiger partial charge is 0.193 e. The molecule has 0 saturated carbocycles. The Kier molecular flexibility index (Phi) is 8.68. The second kappa shape index (κ2) is 10.00. The van der Waals surface area contributed by atoms with E-state index in [1.807, 2.05) is 0 Å². The molecule has 0 amide bonds. The number of nitrogens with one attached hydrogen (secondary N) is 1.